The van der Waals surface area contributed by atoms with E-state index in [9.17, 15) is 19.2 Å². The second-order valence-electron chi connectivity index (χ2n) is 8.53. The normalized spacial score (nSPS) is 26.6. The third-order valence-electron chi connectivity index (χ3n) is 6.58. The highest BCUT2D eigenvalue weighted by atomic mass is 16.2. The first kappa shape index (κ1) is 18.1. The zero-order valence-electron chi connectivity index (χ0n) is 16.1. The zero-order chi connectivity index (χ0) is 20.1. The molecule has 2 saturated heterocycles. The Labute approximate surface area is 168 Å². The molecule has 29 heavy (non-hydrogen) atoms. The van der Waals surface area contributed by atoms with Gasteiger partial charge in [0.25, 0.3) is 5.91 Å². The maximum Gasteiger partial charge on any atom is 0.321 e. The van der Waals surface area contributed by atoms with Crippen molar-refractivity contribution in [3.05, 3.63) is 29.3 Å². The van der Waals surface area contributed by atoms with Crippen molar-refractivity contribution in [2.24, 2.45) is 11.8 Å². The first-order valence-corrected chi connectivity index (χ1v) is 10.3. The molecule has 3 heterocycles. The van der Waals surface area contributed by atoms with Gasteiger partial charge in [-0.3, -0.25) is 19.7 Å². The van der Waals surface area contributed by atoms with Crippen LogP contribution in [0.3, 0.4) is 0 Å². The summed E-state index contributed by atoms with van der Waals surface area (Å²) in [6, 6.07) is 4.52. The van der Waals surface area contributed by atoms with Crippen molar-refractivity contribution < 1.29 is 19.2 Å². The van der Waals surface area contributed by atoms with E-state index >= 15 is 0 Å². The standard InChI is InChI=1S/C21H24N4O4/c26-18-6-5-17(19(27)23-18)25-11-14-9-15(3-4-16(14)20(25)28)22-21(29)24-8-7-13(10-24)12-1-2-12/h3-4,9,12-13,17H,1-2,5-8,10-11H2,(H,22,29)(H,23,26,27). The van der Waals surface area contributed by atoms with Crippen LogP contribution in [0, 0.1) is 11.8 Å². The Balaban J connectivity index is 1.25. The van der Waals surface area contributed by atoms with Crippen molar-refractivity contribution in [1.82, 2.24) is 15.1 Å². The molecule has 2 N–H and O–H groups in total. The average molecular weight is 396 g/mol. The molecular formula is C21H24N4O4. The summed E-state index contributed by atoms with van der Waals surface area (Å²) >= 11 is 0. The number of benzene rings is 1. The predicted octanol–water partition coefficient (Wildman–Crippen LogP) is 1.71. The molecule has 0 aromatic heterocycles. The summed E-state index contributed by atoms with van der Waals surface area (Å²) in [7, 11) is 0. The molecule has 0 spiro atoms. The van der Waals surface area contributed by atoms with Gasteiger partial charge in [0.2, 0.25) is 11.8 Å². The fourth-order valence-corrected chi connectivity index (χ4v) is 4.78. The zero-order valence-corrected chi connectivity index (χ0v) is 16.1. The lowest BCUT2D eigenvalue weighted by atomic mass is 10.0. The topological polar surface area (TPSA) is 98.8 Å². The van der Waals surface area contributed by atoms with Crippen molar-refractivity contribution in [2.75, 3.05) is 18.4 Å². The average Bonchev–Trinajstić information content (AvgIpc) is 3.33. The molecule has 2 unspecified atom stereocenters. The summed E-state index contributed by atoms with van der Waals surface area (Å²) < 4.78 is 0. The second kappa shape index (κ2) is 6.86. The van der Waals surface area contributed by atoms with E-state index in [1.165, 1.54) is 17.7 Å². The van der Waals surface area contributed by atoms with Gasteiger partial charge in [0.1, 0.15) is 6.04 Å². The number of carbonyl (C=O) groups is 4. The molecule has 1 aliphatic carbocycles. The SMILES string of the molecule is O=C1CCC(N2Cc3cc(NC(=O)N4CCC(C5CC5)C4)ccc3C2=O)C(=O)N1. The Morgan fingerprint density at radius 3 is 2.66 bits per heavy atom. The number of hydrogen-bond donors (Lipinski definition) is 2. The molecule has 5 rings (SSSR count). The molecule has 8 nitrogen and oxygen atoms in total. The van der Waals surface area contributed by atoms with Crippen molar-refractivity contribution in [2.45, 2.75) is 44.7 Å². The minimum absolute atomic E-state index is 0.0977. The number of fused-ring (bicyclic) bond motifs is 1. The van der Waals surface area contributed by atoms with E-state index in [4.69, 9.17) is 0 Å². The summed E-state index contributed by atoms with van der Waals surface area (Å²) in [6.07, 6.45) is 4.24. The summed E-state index contributed by atoms with van der Waals surface area (Å²) in [5.41, 5.74) is 1.99. The highest BCUT2D eigenvalue weighted by Crippen LogP contribution is 2.41. The van der Waals surface area contributed by atoms with Crippen molar-refractivity contribution in [3.8, 4) is 0 Å². The number of likely N-dealkylation sites (tertiary alicyclic amines) is 1. The number of rotatable bonds is 3. The molecule has 3 fully saturated rings. The van der Waals surface area contributed by atoms with E-state index in [0.29, 0.717) is 30.1 Å². The number of carbonyl (C=O) groups excluding carboxylic acids is 4. The van der Waals surface area contributed by atoms with E-state index in [2.05, 4.69) is 10.6 Å². The highest BCUT2D eigenvalue weighted by Gasteiger charge is 2.40. The molecule has 3 aliphatic heterocycles. The Morgan fingerprint density at radius 1 is 1.07 bits per heavy atom. The predicted molar refractivity (Wildman–Crippen MR) is 104 cm³/mol. The van der Waals surface area contributed by atoms with E-state index < -0.39 is 11.9 Å². The van der Waals surface area contributed by atoms with Crippen molar-refractivity contribution >= 4 is 29.4 Å². The smallest absolute Gasteiger partial charge is 0.321 e. The lowest BCUT2D eigenvalue weighted by molar-refractivity contribution is -0.136. The van der Waals surface area contributed by atoms with Gasteiger partial charge in [-0.1, -0.05) is 0 Å². The van der Waals surface area contributed by atoms with Crippen LogP contribution in [0.15, 0.2) is 18.2 Å². The minimum atomic E-state index is -0.630. The van der Waals surface area contributed by atoms with E-state index in [1.807, 2.05) is 11.0 Å². The summed E-state index contributed by atoms with van der Waals surface area (Å²) in [4.78, 5) is 52.2. The lowest BCUT2D eigenvalue weighted by Crippen LogP contribution is -2.52. The number of imide groups is 1. The Bertz CT molecular complexity index is 910. The van der Waals surface area contributed by atoms with Crippen LogP contribution >= 0.6 is 0 Å². The van der Waals surface area contributed by atoms with Crippen LogP contribution in [0.5, 0.6) is 0 Å². The molecule has 1 aromatic carbocycles. The largest absolute Gasteiger partial charge is 0.324 e. The lowest BCUT2D eigenvalue weighted by Gasteiger charge is -2.29. The van der Waals surface area contributed by atoms with Crippen LogP contribution in [0.4, 0.5) is 10.5 Å². The Kier molecular flexibility index (Phi) is 4.29. The Morgan fingerprint density at radius 2 is 1.90 bits per heavy atom. The third-order valence-corrected chi connectivity index (χ3v) is 6.58. The van der Waals surface area contributed by atoms with Gasteiger partial charge in [-0.05, 0) is 61.3 Å². The van der Waals surface area contributed by atoms with E-state index in [-0.39, 0.29) is 24.3 Å². The van der Waals surface area contributed by atoms with Crippen molar-refractivity contribution in [1.29, 1.82) is 0 Å². The summed E-state index contributed by atoms with van der Waals surface area (Å²) in [5, 5.41) is 5.25. The fourth-order valence-electron chi connectivity index (χ4n) is 4.78. The molecule has 1 aromatic rings. The van der Waals surface area contributed by atoms with E-state index in [1.54, 1.807) is 12.1 Å². The molecule has 4 aliphatic rings. The maximum atomic E-state index is 12.7. The molecule has 1 saturated carbocycles. The van der Waals surface area contributed by atoms with Gasteiger partial charge < -0.3 is 15.1 Å². The van der Waals surface area contributed by atoms with Crippen LogP contribution in [-0.2, 0) is 16.1 Å². The van der Waals surface area contributed by atoms with Gasteiger partial charge >= 0.3 is 6.03 Å². The molecule has 0 bridgehead atoms. The van der Waals surface area contributed by atoms with Gasteiger partial charge in [0, 0.05) is 37.3 Å². The van der Waals surface area contributed by atoms with Gasteiger partial charge in [0.05, 0.1) is 0 Å². The van der Waals surface area contributed by atoms with Crippen LogP contribution in [0.25, 0.3) is 0 Å². The first-order chi connectivity index (χ1) is 14.0. The summed E-state index contributed by atoms with van der Waals surface area (Å²) in [6.45, 7) is 1.92. The molecule has 8 heteroatoms. The number of anilines is 1. The second-order valence-corrected chi connectivity index (χ2v) is 8.53. The third kappa shape index (κ3) is 3.36. The van der Waals surface area contributed by atoms with Crippen LogP contribution < -0.4 is 10.6 Å². The minimum Gasteiger partial charge on any atom is -0.324 e. The van der Waals surface area contributed by atoms with Gasteiger partial charge in [-0.2, -0.15) is 0 Å². The molecule has 2 atom stereocenters. The van der Waals surface area contributed by atoms with Crippen LogP contribution in [0.2, 0.25) is 0 Å². The quantitative estimate of drug-likeness (QED) is 0.760. The molecule has 5 amide bonds. The Hall–Kier alpha value is -2.90. The summed E-state index contributed by atoms with van der Waals surface area (Å²) in [5.74, 6) is 0.512. The molecule has 0 radical (unpaired) electrons. The molecule has 152 valence electrons. The molecular weight excluding hydrogens is 372 g/mol. The monoisotopic (exact) mass is 396 g/mol. The van der Waals surface area contributed by atoms with E-state index in [0.717, 1.165) is 31.0 Å². The van der Waals surface area contributed by atoms with Crippen molar-refractivity contribution in [3.63, 3.8) is 0 Å². The van der Waals surface area contributed by atoms with Gasteiger partial charge in [0.15, 0.2) is 0 Å². The number of nitrogens with zero attached hydrogens (tertiary/aromatic N) is 2. The maximum absolute atomic E-state index is 12.7. The van der Waals surface area contributed by atoms with Gasteiger partial charge in [-0.25, -0.2) is 4.79 Å². The van der Waals surface area contributed by atoms with Crippen LogP contribution in [-0.4, -0.2) is 52.7 Å². The number of hydrogen-bond acceptors (Lipinski definition) is 4. The van der Waals surface area contributed by atoms with Crippen LogP contribution in [0.1, 0.15) is 48.0 Å². The number of piperidine rings is 1. The highest BCUT2D eigenvalue weighted by molar-refractivity contribution is 6.05. The fraction of sp³-hybridized carbons (Fsp3) is 0.524. The first-order valence-electron chi connectivity index (χ1n) is 10.3. The number of amides is 5. The number of nitrogens with one attached hydrogen (secondary N) is 2. The van der Waals surface area contributed by atoms with Gasteiger partial charge in [-0.15, -0.1) is 0 Å². The number of urea groups is 1.